The molecule has 0 radical (unpaired) electrons. The van der Waals surface area contributed by atoms with Crippen molar-refractivity contribution < 1.29 is 4.74 Å². The fraction of sp³-hybridized carbons (Fsp3) is 0.200. The average Bonchev–Trinajstić information content (AvgIpc) is 2.69. The summed E-state index contributed by atoms with van der Waals surface area (Å²) in [7, 11) is 4.13. The maximum absolute atomic E-state index is 6.39. The third kappa shape index (κ3) is 5.08. The van der Waals surface area contributed by atoms with Crippen molar-refractivity contribution >= 4 is 11.3 Å². The van der Waals surface area contributed by atoms with Gasteiger partial charge in [0.25, 0.3) is 0 Å². The molecule has 0 aliphatic rings. The second-order valence-electron chi connectivity index (χ2n) is 6.95. The van der Waals surface area contributed by atoms with Crippen molar-refractivity contribution in [1.29, 1.82) is 0 Å². The van der Waals surface area contributed by atoms with Crippen LogP contribution in [0.2, 0.25) is 0 Å². The molecule has 0 aliphatic carbocycles. The maximum Gasteiger partial charge on any atom is 0.135 e. The topological polar surface area (TPSA) is 12.5 Å². The summed E-state index contributed by atoms with van der Waals surface area (Å²) in [5, 5.41) is 0. The molecular weight excluding hydrogens is 330 g/mol. The molecule has 27 heavy (non-hydrogen) atoms. The molecule has 0 spiro atoms. The van der Waals surface area contributed by atoms with Gasteiger partial charge in [0.1, 0.15) is 12.4 Å². The SMILES string of the molecule is Cc1ccc(C(OCCN(C)C)=C(c2ccccc2)c2ccccc2)cc1. The minimum absolute atomic E-state index is 0.638. The lowest BCUT2D eigenvalue weighted by Gasteiger charge is -2.19. The lowest BCUT2D eigenvalue weighted by Crippen LogP contribution is -2.18. The smallest absolute Gasteiger partial charge is 0.135 e. The first-order chi connectivity index (χ1) is 13.1. The van der Waals surface area contributed by atoms with Crippen molar-refractivity contribution in [2.45, 2.75) is 6.92 Å². The van der Waals surface area contributed by atoms with Crippen LogP contribution in [0.25, 0.3) is 11.3 Å². The highest BCUT2D eigenvalue weighted by molar-refractivity contribution is 5.96. The fourth-order valence-corrected chi connectivity index (χ4v) is 2.97. The Bertz CT molecular complexity index is 824. The Morgan fingerprint density at radius 3 is 1.70 bits per heavy atom. The summed E-state index contributed by atoms with van der Waals surface area (Å²) in [6.07, 6.45) is 0. The van der Waals surface area contributed by atoms with Crippen LogP contribution in [0.15, 0.2) is 84.9 Å². The Morgan fingerprint density at radius 1 is 0.704 bits per heavy atom. The van der Waals surface area contributed by atoms with Gasteiger partial charge in [-0.15, -0.1) is 0 Å². The Hall–Kier alpha value is -2.84. The van der Waals surface area contributed by atoms with Gasteiger partial charge in [-0.25, -0.2) is 0 Å². The van der Waals surface area contributed by atoms with Gasteiger partial charge in [0.05, 0.1) is 0 Å². The number of hydrogen-bond acceptors (Lipinski definition) is 2. The van der Waals surface area contributed by atoms with E-state index in [1.54, 1.807) is 0 Å². The zero-order valence-corrected chi connectivity index (χ0v) is 16.4. The van der Waals surface area contributed by atoms with Gasteiger partial charge in [0, 0.05) is 17.7 Å². The molecule has 3 aromatic carbocycles. The molecule has 0 saturated carbocycles. The second-order valence-corrected chi connectivity index (χ2v) is 6.95. The molecule has 0 atom stereocenters. The third-order valence-electron chi connectivity index (χ3n) is 4.45. The van der Waals surface area contributed by atoms with Crippen LogP contribution in [-0.4, -0.2) is 32.1 Å². The van der Waals surface area contributed by atoms with Crippen LogP contribution in [0.5, 0.6) is 0 Å². The van der Waals surface area contributed by atoms with Crippen molar-refractivity contribution in [3.05, 3.63) is 107 Å². The lowest BCUT2D eigenvalue weighted by molar-refractivity contribution is 0.233. The number of rotatable bonds is 7. The predicted molar refractivity (Wildman–Crippen MR) is 114 cm³/mol. The van der Waals surface area contributed by atoms with Crippen molar-refractivity contribution in [1.82, 2.24) is 4.90 Å². The summed E-state index contributed by atoms with van der Waals surface area (Å²) in [6.45, 7) is 3.61. The standard InChI is InChI=1S/C25H27NO/c1-20-14-16-23(17-15-20)25(27-19-18-26(2)3)24(21-10-6-4-7-11-21)22-12-8-5-9-13-22/h4-17H,18-19H2,1-3H3. The minimum Gasteiger partial charge on any atom is -0.491 e. The monoisotopic (exact) mass is 357 g/mol. The van der Waals surface area contributed by atoms with E-state index >= 15 is 0 Å². The first-order valence-electron chi connectivity index (χ1n) is 9.35. The van der Waals surface area contributed by atoms with Crippen LogP contribution in [0.4, 0.5) is 0 Å². The average molecular weight is 357 g/mol. The molecule has 0 bridgehead atoms. The van der Waals surface area contributed by atoms with Gasteiger partial charge in [0.15, 0.2) is 0 Å². The molecule has 0 aliphatic heterocycles. The summed E-state index contributed by atoms with van der Waals surface area (Å²) in [4.78, 5) is 2.14. The van der Waals surface area contributed by atoms with Crippen molar-refractivity contribution in [3.63, 3.8) is 0 Å². The fourth-order valence-electron chi connectivity index (χ4n) is 2.97. The molecule has 0 heterocycles. The Labute approximate surface area is 162 Å². The molecule has 0 amide bonds. The summed E-state index contributed by atoms with van der Waals surface area (Å²) >= 11 is 0. The largest absolute Gasteiger partial charge is 0.491 e. The lowest BCUT2D eigenvalue weighted by atomic mass is 9.94. The molecule has 0 saturated heterocycles. The molecule has 0 fully saturated rings. The predicted octanol–water partition coefficient (Wildman–Crippen LogP) is 5.49. The highest BCUT2D eigenvalue weighted by Gasteiger charge is 2.15. The van der Waals surface area contributed by atoms with Gasteiger partial charge in [-0.05, 0) is 32.1 Å². The van der Waals surface area contributed by atoms with E-state index < -0.39 is 0 Å². The van der Waals surface area contributed by atoms with E-state index in [-0.39, 0.29) is 0 Å². The molecule has 3 aromatic rings. The highest BCUT2D eigenvalue weighted by Crippen LogP contribution is 2.33. The summed E-state index contributed by atoms with van der Waals surface area (Å²) < 4.78 is 6.39. The van der Waals surface area contributed by atoms with Crippen LogP contribution >= 0.6 is 0 Å². The Balaban J connectivity index is 2.16. The van der Waals surface area contributed by atoms with Crippen LogP contribution in [0.1, 0.15) is 22.3 Å². The molecule has 138 valence electrons. The summed E-state index contributed by atoms with van der Waals surface area (Å²) in [5.74, 6) is 0.925. The highest BCUT2D eigenvalue weighted by atomic mass is 16.5. The van der Waals surface area contributed by atoms with Crippen molar-refractivity contribution in [2.24, 2.45) is 0 Å². The number of ether oxygens (including phenoxy) is 1. The molecule has 0 unspecified atom stereocenters. The first kappa shape index (κ1) is 18.9. The zero-order chi connectivity index (χ0) is 19.1. The molecule has 3 rings (SSSR count). The second kappa shape index (κ2) is 9.20. The van der Waals surface area contributed by atoms with E-state index in [1.807, 2.05) is 12.1 Å². The van der Waals surface area contributed by atoms with Crippen molar-refractivity contribution in [2.75, 3.05) is 27.2 Å². The van der Waals surface area contributed by atoms with E-state index in [2.05, 4.69) is 98.7 Å². The first-order valence-corrected chi connectivity index (χ1v) is 9.35. The number of nitrogens with zero attached hydrogens (tertiary/aromatic N) is 1. The number of likely N-dealkylation sites (N-methyl/N-ethyl adjacent to an activating group) is 1. The quantitative estimate of drug-likeness (QED) is 0.409. The van der Waals surface area contributed by atoms with Crippen LogP contribution in [-0.2, 0) is 4.74 Å². The molecule has 0 aromatic heterocycles. The van der Waals surface area contributed by atoms with E-state index in [0.717, 1.165) is 34.6 Å². The normalized spacial score (nSPS) is 10.7. The maximum atomic E-state index is 6.39. The number of benzene rings is 3. The number of aryl methyl sites for hydroxylation is 1. The van der Waals surface area contributed by atoms with Gasteiger partial charge < -0.3 is 9.64 Å². The van der Waals surface area contributed by atoms with Crippen LogP contribution in [0, 0.1) is 6.92 Å². The summed E-state index contributed by atoms with van der Waals surface area (Å²) in [6, 6.07) is 29.5. The molecule has 2 nitrogen and oxygen atoms in total. The Kier molecular flexibility index (Phi) is 6.45. The third-order valence-corrected chi connectivity index (χ3v) is 4.45. The van der Waals surface area contributed by atoms with Crippen molar-refractivity contribution in [3.8, 4) is 0 Å². The van der Waals surface area contributed by atoms with Gasteiger partial charge in [-0.1, -0.05) is 90.5 Å². The zero-order valence-electron chi connectivity index (χ0n) is 16.4. The van der Waals surface area contributed by atoms with Gasteiger partial charge >= 0.3 is 0 Å². The number of hydrogen-bond donors (Lipinski definition) is 0. The Morgan fingerprint density at radius 2 is 1.22 bits per heavy atom. The van der Waals surface area contributed by atoms with E-state index in [0.29, 0.717) is 6.61 Å². The van der Waals surface area contributed by atoms with Crippen LogP contribution in [0.3, 0.4) is 0 Å². The van der Waals surface area contributed by atoms with Crippen LogP contribution < -0.4 is 0 Å². The van der Waals surface area contributed by atoms with E-state index in [1.165, 1.54) is 5.56 Å². The minimum atomic E-state index is 0.638. The molecule has 2 heteroatoms. The summed E-state index contributed by atoms with van der Waals surface area (Å²) in [5.41, 5.74) is 5.78. The molecular formula is C25H27NO. The molecule has 0 N–H and O–H groups in total. The van der Waals surface area contributed by atoms with Gasteiger partial charge in [0.2, 0.25) is 0 Å². The van der Waals surface area contributed by atoms with Gasteiger partial charge in [-0.3, -0.25) is 0 Å². The van der Waals surface area contributed by atoms with E-state index in [9.17, 15) is 0 Å². The van der Waals surface area contributed by atoms with E-state index in [4.69, 9.17) is 4.74 Å². The van der Waals surface area contributed by atoms with Gasteiger partial charge in [-0.2, -0.15) is 0 Å².